The largest absolute Gasteiger partial charge is 0.385 e. The number of hydrogen-bond acceptors (Lipinski definition) is 2. The standard InChI is InChI=1S/C5H7BrFO2/c1-9-3-2-5(6,7)4-8/h2-3H2,1H3. The van der Waals surface area contributed by atoms with Crippen molar-refractivity contribution in [3.8, 4) is 0 Å². The van der Waals surface area contributed by atoms with Crippen LogP contribution < -0.4 is 0 Å². The molecule has 0 N–H and O–H groups in total. The predicted octanol–water partition coefficient (Wildman–Crippen LogP) is 1.19. The molecule has 0 aromatic rings. The zero-order valence-corrected chi connectivity index (χ0v) is 6.57. The van der Waals surface area contributed by atoms with Crippen molar-refractivity contribution >= 4 is 22.2 Å². The summed E-state index contributed by atoms with van der Waals surface area (Å²) in [4.78, 5) is 9.73. The molecule has 0 fully saturated rings. The van der Waals surface area contributed by atoms with Crippen molar-refractivity contribution in [1.82, 2.24) is 0 Å². The van der Waals surface area contributed by atoms with Crippen LogP contribution in [0.4, 0.5) is 4.39 Å². The molecule has 1 unspecified atom stereocenters. The molecule has 0 bridgehead atoms. The molecule has 0 aliphatic carbocycles. The summed E-state index contributed by atoms with van der Waals surface area (Å²) in [6.45, 7) is 0.205. The van der Waals surface area contributed by atoms with Gasteiger partial charge in [0.25, 0.3) is 6.29 Å². The number of ether oxygens (including phenoxy) is 1. The molecule has 4 heteroatoms. The van der Waals surface area contributed by atoms with E-state index in [1.807, 2.05) is 0 Å². The highest BCUT2D eigenvalue weighted by molar-refractivity contribution is 9.10. The normalized spacial score (nSPS) is 16.8. The Balaban J connectivity index is 3.45. The van der Waals surface area contributed by atoms with Gasteiger partial charge in [0.05, 0.1) is 6.61 Å². The Morgan fingerprint density at radius 3 is 2.78 bits per heavy atom. The first-order valence-corrected chi connectivity index (χ1v) is 3.18. The number of alkyl halides is 2. The summed E-state index contributed by atoms with van der Waals surface area (Å²) in [5.74, 6) is 0. The van der Waals surface area contributed by atoms with E-state index in [9.17, 15) is 9.18 Å². The molecule has 0 aliphatic heterocycles. The highest BCUT2D eigenvalue weighted by Crippen LogP contribution is 2.20. The first-order chi connectivity index (χ1) is 4.12. The van der Waals surface area contributed by atoms with Crippen LogP contribution in [0.15, 0.2) is 0 Å². The zero-order chi connectivity index (χ0) is 7.33. The number of methoxy groups -OCH3 is 1. The third-order valence-corrected chi connectivity index (χ3v) is 1.33. The summed E-state index contributed by atoms with van der Waals surface area (Å²) >= 11 is 2.51. The SMILES string of the molecule is COCCC(F)(Br)[C]=O. The highest BCUT2D eigenvalue weighted by Gasteiger charge is 2.25. The van der Waals surface area contributed by atoms with Crippen LogP contribution in [-0.4, -0.2) is 24.6 Å². The Hall–Kier alpha value is 0.0400. The van der Waals surface area contributed by atoms with Gasteiger partial charge in [0.1, 0.15) is 0 Å². The lowest BCUT2D eigenvalue weighted by atomic mass is 10.3. The molecular weight excluding hydrogens is 191 g/mol. The molecule has 1 radical (unpaired) electrons. The first kappa shape index (κ1) is 9.04. The summed E-state index contributed by atoms with van der Waals surface area (Å²) in [6.07, 6.45) is 1.19. The second-order valence-electron chi connectivity index (χ2n) is 1.55. The second-order valence-corrected chi connectivity index (χ2v) is 2.81. The lowest BCUT2D eigenvalue weighted by Gasteiger charge is -2.06. The molecule has 0 aromatic heterocycles. The van der Waals surface area contributed by atoms with Gasteiger partial charge in [-0.25, -0.2) is 4.39 Å². The van der Waals surface area contributed by atoms with Crippen LogP contribution in [0, 0.1) is 0 Å². The molecule has 2 nitrogen and oxygen atoms in total. The van der Waals surface area contributed by atoms with Gasteiger partial charge < -0.3 is 4.74 Å². The van der Waals surface area contributed by atoms with E-state index in [2.05, 4.69) is 20.7 Å². The predicted molar refractivity (Wildman–Crippen MR) is 35.0 cm³/mol. The smallest absolute Gasteiger partial charge is 0.250 e. The molecule has 1 atom stereocenters. The molecule has 0 spiro atoms. The molecule has 0 aromatic carbocycles. The fraction of sp³-hybridized carbons (Fsp3) is 0.800. The van der Waals surface area contributed by atoms with E-state index < -0.39 is 4.58 Å². The average molecular weight is 198 g/mol. The van der Waals surface area contributed by atoms with Crippen molar-refractivity contribution < 1.29 is 13.9 Å². The summed E-state index contributed by atoms with van der Waals surface area (Å²) in [5, 5.41) is 0. The van der Waals surface area contributed by atoms with Crippen molar-refractivity contribution in [3.63, 3.8) is 0 Å². The van der Waals surface area contributed by atoms with E-state index in [4.69, 9.17) is 0 Å². The summed E-state index contributed by atoms with van der Waals surface area (Å²) < 4.78 is 14.9. The van der Waals surface area contributed by atoms with Gasteiger partial charge in [-0.1, -0.05) is 0 Å². The van der Waals surface area contributed by atoms with Crippen molar-refractivity contribution in [2.24, 2.45) is 0 Å². The quantitative estimate of drug-likeness (QED) is 0.634. The van der Waals surface area contributed by atoms with Crippen LogP contribution in [0.5, 0.6) is 0 Å². The van der Waals surface area contributed by atoms with Crippen LogP contribution >= 0.6 is 15.9 Å². The van der Waals surface area contributed by atoms with E-state index in [1.165, 1.54) is 13.4 Å². The summed E-state index contributed by atoms with van der Waals surface area (Å²) in [6, 6.07) is 0. The molecule has 0 amide bonds. The Bertz CT molecular complexity index is 95.0. The topological polar surface area (TPSA) is 26.3 Å². The monoisotopic (exact) mass is 197 g/mol. The first-order valence-electron chi connectivity index (χ1n) is 2.38. The van der Waals surface area contributed by atoms with E-state index in [0.717, 1.165) is 0 Å². The van der Waals surface area contributed by atoms with Gasteiger partial charge in [0, 0.05) is 13.5 Å². The van der Waals surface area contributed by atoms with Gasteiger partial charge in [-0.05, 0) is 15.9 Å². The van der Waals surface area contributed by atoms with Crippen molar-refractivity contribution in [2.45, 2.75) is 11.0 Å². The Morgan fingerprint density at radius 1 is 1.89 bits per heavy atom. The van der Waals surface area contributed by atoms with Crippen molar-refractivity contribution in [3.05, 3.63) is 0 Å². The van der Waals surface area contributed by atoms with Crippen molar-refractivity contribution in [2.75, 3.05) is 13.7 Å². The summed E-state index contributed by atoms with van der Waals surface area (Å²) in [7, 11) is 1.44. The molecule has 0 aliphatic rings. The van der Waals surface area contributed by atoms with Gasteiger partial charge in [0.2, 0.25) is 4.58 Å². The molecule has 0 rings (SSSR count). The minimum absolute atomic E-state index is 0.00694. The molecule has 53 valence electrons. The maximum absolute atomic E-state index is 12.4. The van der Waals surface area contributed by atoms with E-state index >= 15 is 0 Å². The molecule has 0 heterocycles. The van der Waals surface area contributed by atoms with Gasteiger partial charge in [-0.15, -0.1) is 0 Å². The van der Waals surface area contributed by atoms with E-state index in [0.29, 0.717) is 0 Å². The molecule has 0 saturated carbocycles. The minimum atomic E-state index is -2.02. The summed E-state index contributed by atoms with van der Waals surface area (Å²) in [5.41, 5.74) is 0. The molecule has 0 saturated heterocycles. The number of halogens is 2. The Kier molecular flexibility index (Phi) is 3.97. The minimum Gasteiger partial charge on any atom is -0.385 e. The highest BCUT2D eigenvalue weighted by atomic mass is 79.9. The van der Waals surface area contributed by atoms with Crippen LogP contribution in [-0.2, 0) is 9.53 Å². The zero-order valence-electron chi connectivity index (χ0n) is 4.99. The molecule has 9 heavy (non-hydrogen) atoms. The third kappa shape index (κ3) is 4.54. The Morgan fingerprint density at radius 2 is 2.44 bits per heavy atom. The van der Waals surface area contributed by atoms with Crippen LogP contribution in [0.1, 0.15) is 6.42 Å². The second kappa shape index (κ2) is 3.95. The van der Waals surface area contributed by atoms with Gasteiger partial charge >= 0.3 is 0 Å². The van der Waals surface area contributed by atoms with Crippen LogP contribution in [0.2, 0.25) is 0 Å². The van der Waals surface area contributed by atoms with Gasteiger partial charge in [-0.3, -0.25) is 4.79 Å². The average Bonchev–Trinajstić information content (AvgIpc) is 1.84. The lowest BCUT2D eigenvalue weighted by molar-refractivity contribution is 0.170. The van der Waals surface area contributed by atoms with Crippen molar-refractivity contribution in [1.29, 1.82) is 0 Å². The Labute approximate surface area is 61.5 Å². The third-order valence-electron chi connectivity index (χ3n) is 0.769. The maximum Gasteiger partial charge on any atom is 0.250 e. The number of rotatable bonds is 4. The fourth-order valence-electron chi connectivity index (χ4n) is 0.281. The van der Waals surface area contributed by atoms with Gasteiger partial charge in [-0.2, -0.15) is 0 Å². The number of carbonyl (C=O) groups excluding carboxylic acids is 1. The maximum atomic E-state index is 12.4. The fourth-order valence-corrected chi connectivity index (χ4v) is 0.443. The van der Waals surface area contributed by atoms with E-state index in [1.54, 1.807) is 0 Å². The molecular formula is C5H7BrFO2. The van der Waals surface area contributed by atoms with Gasteiger partial charge in [0.15, 0.2) is 0 Å². The van der Waals surface area contributed by atoms with Crippen LogP contribution in [0.3, 0.4) is 0 Å². The number of hydrogen-bond donors (Lipinski definition) is 0. The van der Waals surface area contributed by atoms with Crippen LogP contribution in [0.25, 0.3) is 0 Å². The van der Waals surface area contributed by atoms with E-state index in [-0.39, 0.29) is 13.0 Å². The lowest BCUT2D eigenvalue weighted by Crippen LogP contribution is -2.17.